The van der Waals surface area contributed by atoms with Crippen LogP contribution in [0.4, 0.5) is 0 Å². The zero-order valence-electron chi connectivity index (χ0n) is 11.6. The molecular weight excluding hydrogens is 280 g/mol. The molecular formula is C12H18N4O5. The van der Waals surface area contributed by atoms with E-state index in [0.717, 1.165) is 19.4 Å². The summed E-state index contributed by atoms with van der Waals surface area (Å²) in [5.74, 6) is -1.54. The van der Waals surface area contributed by atoms with Crippen LogP contribution in [0.3, 0.4) is 0 Å². The molecule has 0 bridgehead atoms. The van der Waals surface area contributed by atoms with Crippen LogP contribution < -0.4 is 10.6 Å². The van der Waals surface area contributed by atoms with E-state index in [0.29, 0.717) is 5.89 Å². The molecule has 0 aromatic carbocycles. The summed E-state index contributed by atoms with van der Waals surface area (Å²) < 4.78 is 5.03. The number of amides is 1. The minimum Gasteiger partial charge on any atom is -0.481 e. The average molecular weight is 298 g/mol. The van der Waals surface area contributed by atoms with Gasteiger partial charge in [-0.25, -0.2) is 0 Å². The van der Waals surface area contributed by atoms with Gasteiger partial charge in [0, 0.05) is 6.54 Å². The molecule has 2 atom stereocenters. The van der Waals surface area contributed by atoms with Crippen LogP contribution in [0.1, 0.15) is 48.7 Å². The fourth-order valence-electron chi connectivity index (χ4n) is 2.10. The number of nitrogens with one attached hydrogen (secondary N) is 2. The van der Waals surface area contributed by atoms with Gasteiger partial charge in [-0.3, -0.25) is 9.59 Å². The lowest BCUT2D eigenvalue weighted by molar-refractivity contribution is -0.141. The third-order valence-corrected chi connectivity index (χ3v) is 3.17. The molecule has 9 heteroatoms. The standard InChI is InChI=1S/C12H18N4O5/c1-12(20,5-8(17)18)6-14-10(19)9-15-11(21-16-9)7-3-2-4-13-7/h7,13,20H,2-6H2,1H3,(H,14,19)(H,17,18). The predicted molar refractivity (Wildman–Crippen MR) is 69.5 cm³/mol. The van der Waals surface area contributed by atoms with Crippen molar-refractivity contribution < 1.29 is 24.3 Å². The maximum absolute atomic E-state index is 11.8. The number of nitrogens with zero attached hydrogens (tertiary/aromatic N) is 2. The molecule has 4 N–H and O–H groups in total. The van der Waals surface area contributed by atoms with Crippen molar-refractivity contribution in [3.63, 3.8) is 0 Å². The Hall–Kier alpha value is -2.00. The van der Waals surface area contributed by atoms with Gasteiger partial charge in [0.15, 0.2) is 0 Å². The van der Waals surface area contributed by atoms with E-state index in [1.807, 2.05) is 0 Å². The summed E-state index contributed by atoms with van der Waals surface area (Å²) in [4.78, 5) is 26.4. The van der Waals surface area contributed by atoms with E-state index in [2.05, 4.69) is 20.8 Å². The summed E-state index contributed by atoms with van der Waals surface area (Å²) in [6.07, 6.45) is 1.40. The Morgan fingerprint density at radius 2 is 2.33 bits per heavy atom. The predicted octanol–water partition coefficient (Wildman–Crippen LogP) is -0.550. The SMILES string of the molecule is CC(O)(CNC(=O)c1noc(C2CCCN2)n1)CC(=O)O. The second-order valence-corrected chi connectivity index (χ2v) is 5.36. The number of hydrogen-bond acceptors (Lipinski definition) is 7. The van der Waals surface area contributed by atoms with Gasteiger partial charge in [-0.2, -0.15) is 4.98 Å². The van der Waals surface area contributed by atoms with Gasteiger partial charge in [0.2, 0.25) is 5.89 Å². The van der Waals surface area contributed by atoms with Gasteiger partial charge in [-0.15, -0.1) is 0 Å². The Labute approximate surface area is 120 Å². The summed E-state index contributed by atoms with van der Waals surface area (Å²) in [5, 5.41) is 27.6. The fraction of sp³-hybridized carbons (Fsp3) is 0.667. The number of carbonyl (C=O) groups is 2. The summed E-state index contributed by atoms with van der Waals surface area (Å²) in [6, 6.07) is -0.0332. The van der Waals surface area contributed by atoms with Gasteiger partial charge in [0.25, 0.3) is 11.7 Å². The number of hydrogen-bond donors (Lipinski definition) is 4. The van der Waals surface area contributed by atoms with Crippen LogP contribution in [-0.2, 0) is 4.79 Å². The van der Waals surface area contributed by atoms with Crippen molar-refractivity contribution in [2.45, 2.75) is 37.8 Å². The number of carboxylic acids is 1. The van der Waals surface area contributed by atoms with E-state index in [1.54, 1.807) is 0 Å². The van der Waals surface area contributed by atoms with Crippen LogP contribution >= 0.6 is 0 Å². The van der Waals surface area contributed by atoms with Crippen molar-refractivity contribution in [3.8, 4) is 0 Å². The largest absolute Gasteiger partial charge is 0.481 e. The first kappa shape index (κ1) is 15.4. The number of carboxylic acid groups (broad SMARTS) is 1. The Morgan fingerprint density at radius 3 is 2.95 bits per heavy atom. The second kappa shape index (κ2) is 6.19. The molecule has 2 heterocycles. The van der Waals surface area contributed by atoms with E-state index in [9.17, 15) is 14.7 Å². The molecule has 0 spiro atoms. The summed E-state index contributed by atoms with van der Waals surface area (Å²) in [6.45, 7) is 1.97. The van der Waals surface area contributed by atoms with Gasteiger partial charge in [-0.05, 0) is 26.3 Å². The first-order valence-corrected chi connectivity index (χ1v) is 6.67. The molecule has 1 saturated heterocycles. The van der Waals surface area contributed by atoms with E-state index < -0.39 is 23.9 Å². The van der Waals surface area contributed by atoms with Gasteiger partial charge >= 0.3 is 5.97 Å². The van der Waals surface area contributed by atoms with Gasteiger partial charge in [0.1, 0.15) is 0 Å². The highest BCUT2D eigenvalue weighted by atomic mass is 16.5. The first-order valence-electron chi connectivity index (χ1n) is 6.67. The number of rotatable bonds is 6. The number of aliphatic carboxylic acids is 1. The third kappa shape index (κ3) is 4.23. The van der Waals surface area contributed by atoms with Crippen LogP contribution in [0.25, 0.3) is 0 Å². The van der Waals surface area contributed by atoms with E-state index >= 15 is 0 Å². The average Bonchev–Trinajstić information content (AvgIpc) is 3.04. The highest BCUT2D eigenvalue weighted by molar-refractivity contribution is 5.90. The van der Waals surface area contributed by atoms with Crippen molar-refractivity contribution in [1.29, 1.82) is 0 Å². The molecule has 1 amide bonds. The van der Waals surface area contributed by atoms with E-state index in [4.69, 9.17) is 9.63 Å². The van der Waals surface area contributed by atoms with Gasteiger partial charge in [-0.1, -0.05) is 5.16 Å². The number of aliphatic hydroxyl groups is 1. The molecule has 1 aromatic rings. The Balaban J connectivity index is 1.90. The Kier molecular flexibility index (Phi) is 4.53. The smallest absolute Gasteiger partial charge is 0.306 e. The lowest BCUT2D eigenvalue weighted by Gasteiger charge is -2.20. The molecule has 9 nitrogen and oxygen atoms in total. The van der Waals surface area contributed by atoms with Gasteiger partial charge < -0.3 is 25.4 Å². The minimum absolute atomic E-state index is 0.0332. The molecule has 116 valence electrons. The fourth-order valence-corrected chi connectivity index (χ4v) is 2.10. The normalized spacial score (nSPS) is 21.0. The number of aromatic nitrogens is 2. The molecule has 0 saturated carbocycles. The lowest BCUT2D eigenvalue weighted by Crippen LogP contribution is -2.42. The van der Waals surface area contributed by atoms with Gasteiger partial charge in [0.05, 0.1) is 18.1 Å². The zero-order valence-corrected chi connectivity index (χ0v) is 11.6. The van der Waals surface area contributed by atoms with Crippen LogP contribution in [0, 0.1) is 0 Å². The van der Waals surface area contributed by atoms with Crippen LogP contribution in [0.15, 0.2) is 4.52 Å². The summed E-state index contributed by atoms with van der Waals surface area (Å²) in [5.41, 5.74) is -1.54. The monoisotopic (exact) mass is 298 g/mol. The lowest BCUT2D eigenvalue weighted by atomic mass is 10.0. The highest BCUT2D eigenvalue weighted by Crippen LogP contribution is 2.21. The highest BCUT2D eigenvalue weighted by Gasteiger charge is 2.27. The molecule has 2 rings (SSSR count). The summed E-state index contributed by atoms with van der Waals surface area (Å²) in [7, 11) is 0. The molecule has 0 aliphatic carbocycles. The zero-order chi connectivity index (χ0) is 15.5. The molecule has 21 heavy (non-hydrogen) atoms. The van der Waals surface area contributed by atoms with Crippen LogP contribution in [-0.4, -0.2) is 50.9 Å². The van der Waals surface area contributed by atoms with Crippen LogP contribution in [0.2, 0.25) is 0 Å². The molecule has 1 aliphatic heterocycles. The maximum Gasteiger partial charge on any atom is 0.306 e. The quantitative estimate of drug-likeness (QED) is 0.549. The van der Waals surface area contributed by atoms with E-state index in [-0.39, 0.29) is 18.4 Å². The van der Waals surface area contributed by atoms with Crippen molar-refractivity contribution >= 4 is 11.9 Å². The molecule has 0 radical (unpaired) electrons. The third-order valence-electron chi connectivity index (χ3n) is 3.17. The van der Waals surface area contributed by atoms with Crippen molar-refractivity contribution in [2.24, 2.45) is 0 Å². The molecule has 2 unspecified atom stereocenters. The molecule has 1 fully saturated rings. The van der Waals surface area contributed by atoms with Crippen molar-refractivity contribution in [3.05, 3.63) is 11.7 Å². The van der Waals surface area contributed by atoms with Crippen LogP contribution in [0.5, 0.6) is 0 Å². The van der Waals surface area contributed by atoms with E-state index in [1.165, 1.54) is 6.92 Å². The summed E-state index contributed by atoms with van der Waals surface area (Å²) >= 11 is 0. The topological polar surface area (TPSA) is 138 Å². The number of carbonyl (C=O) groups excluding carboxylic acids is 1. The Bertz CT molecular complexity index is 521. The van der Waals surface area contributed by atoms with Crippen molar-refractivity contribution in [1.82, 2.24) is 20.8 Å². The molecule has 1 aromatic heterocycles. The van der Waals surface area contributed by atoms with Crippen molar-refractivity contribution in [2.75, 3.05) is 13.1 Å². The minimum atomic E-state index is -1.54. The Morgan fingerprint density at radius 1 is 1.57 bits per heavy atom. The maximum atomic E-state index is 11.8. The second-order valence-electron chi connectivity index (χ2n) is 5.36. The first-order chi connectivity index (χ1) is 9.87. The molecule has 1 aliphatic rings.